The Bertz CT molecular complexity index is 850. The number of rotatable bonds is 6. The molecule has 2 aromatic rings. The van der Waals surface area contributed by atoms with E-state index in [0.717, 1.165) is 61.1 Å². The number of hydrogen-bond acceptors (Lipinski definition) is 3. The van der Waals surface area contributed by atoms with Gasteiger partial charge in [-0.05, 0) is 80.9 Å². The number of carbonyl (C=O) groups is 1. The summed E-state index contributed by atoms with van der Waals surface area (Å²) in [5.74, 6) is 3.31. The van der Waals surface area contributed by atoms with Crippen LogP contribution in [0.1, 0.15) is 56.8 Å². The van der Waals surface area contributed by atoms with Gasteiger partial charge in [0.05, 0.1) is 22.5 Å². The molecule has 150 valence electrons. The zero-order chi connectivity index (χ0) is 19.4. The zero-order valence-electron chi connectivity index (χ0n) is 16.3. The summed E-state index contributed by atoms with van der Waals surface area (Å²) in [4.78, 5) is 21.6. The summed E-state index contributed by atoms with van der Waals surface area (Å²) < 4.78 is 0. The smallest absolute Gasteiger partial charge is 0.226 e. The second-order valence-corrected chi connectivity index (χ2v) is 11.1. The Hall–Kier alpha value is -1.20. The van der Waals surface area contributed by atoms with E-state index in [1.807, 2.05) is 24.3 Å². The van der Waals surface area contributed by atoms with Gasteiger partial charge >= 0.3 is 0 Å². The molecule has 0 spiro atoms. The Labute approximate surface area is 175 Å². The van der Waals surface area contributed by atoms with Crippen LogP contribution in [0, 0.1) is 17.3 Å². The lowest BCUT2D eigenvalue weighted by Crippen LogP contribution is -2.58. The van der Waals surface area contributed by atoms with Crippen molar-refractivity contribution in [1.29, 1.82) is 0 Å². The van der Waals surface area contributed by atoms with Crippen molar-refractivity contribution in [3.8, 4) is 0 Å². The molecule has 28 heavy (non-hydrogen) atoms. The highest BCUT2D eigenvalue weighted by Crippen LogP contribution is 2.63. The summed E-state index contributed by atoms with van der Waals surface area (Å²) in [5.41, 5.74) is 1.71. The molecule has 1 aromatic heterocycles. The largest absolute Gasteiger partial charge is 0.346 e. The summed E-state index contributed by atoms with van der Waals surface area (Å²) in [7, 11) is 0. The lowest BCUT2D eigenvalue weighted by Gasteiger charge is -2.59. The minimum Gasteiger partial charge on any atom is -0.346 e. The number of H-pyrrole nitrogens is 1. The molecular weight excluding hydrogens is 390 g/mol. The van der Waals surface area contributed by atoms with Crippen molar-refractivity contribution in [2.45, 2.75) is 55.9 Å². The number of alkyl halides is 1. The Balaban J connectivity index is 1.40. The van der Waals surface area contributed by atoms with Gasteiger partial charge in [-0.15, -0.1) is 11.6 Å². The summed E-state index contributed by atoms with van der Waals surface area (Å²) in [5, 5.41) is 3.40. The second-order valence-electron chi connectivity index (χ2n) is 9.34. The molecule has 0 saturated heterocycles. The number of nitrogens with one attached hydrogen (secondary N) is 2. The Kier molecular flexibility index (Phi) is 4.66. The number of nitrogens with zero attached hydrogens (tertiary/aromatic N) is 1. The van der Waals surface area contributed by atoms with E-state index in [2.05, 4.69) is 16.6 Å². The highest BCUT2D eigenvalue weighted by Gasteiger charge is 2.60. The third-order valence-electron chi connectivity index (χ3n) is 7.13. The predicted octanol–water partition coefficient (Wildman–Crippen LogP) is 5.05. The fourth-order valence-electron chi connectivity index (χ4n) is 6.38. The first-order valence-corrected chi connectivity index (χ1v) is 12.2. The number of imidazole rings is 1. The minimum atomic E-state index is -0.268. The van der Waals surface area contributed by atoms with Crippen LogP contribution in [0.4, 0.5) is 0 Å². The maximum atomic E-state index is 13.6. The van der Waals surface area contributed by atoms with Crippen LogP contribution in [0.25, 0.3) is 11.0 Å². The SMILES string of the molecule is CSCC[C@H](NC(=O)C12CC3CC(CC(Cl)(C3)C1)C2)c1nc2ccccc2[nH]1. The number of aromatic nitrogens is 2. The molecule has 2 unspecified atom stereocenters. The van der Waals surface area contributed by atoms with Gasteiger partial charge in [-0.2, -0.15) is 11.8 Å². The van der Waals surface area contributed by atoms with Crippen LogP contribution in [0.5, 0.6) is 0 Å². The first-order valence-electron chi connectivity index (χ1n) is 10.4. The van der Waals surface area contributed by atoms with Gasteiger partial charge in [0, 0.05) is 4.87 Å². The molecule has 0 radical (unpaired) electrons. The Morgan fingerprint density at radius 2 is 2.07 bits per heavy atom. The second kappa shape index (κ2) is 6.94. The molecule has 4 bridgehead atoms. The summed E-state index contributed by atoms with van der Waals surface area (Å²) in [6.45, 7) is 0. The van der Waals surface area contributed by atoms with Crippen molar-refractivity contribution in [2.24, 2.45) is 17.3 Å². The van der Waals surface area contributed by atoms with Gasteiger partial charge in [-0.3, -0.25) is 4.79 Å². The summed E-state index contributed by atoms with van der Waals surface area (Å²) >= 11 is 8.76. The number of amides is 1. The average Bonchev–Trinajstić information content (AvgIpc) is 3.07. The third kappa shape index (κ3) is 3.24. The van der Waals surface area contributed by atoms with E-state index >= 15 is 0 Å². The predicted molar refractivity (Wildman–Crippen MR) is 116 cm³/mol. The van der Waals surface area contributed by atoms with Gasteiger partial charge < -0.3 is 10.3 Å². The van der Waals surface area contributed by atoms with Gasteiger partial charge in [0.15, 0.2) is 0 Å². The Morgan fingerprint density at radius 1 is 1.32 bits per heavy atom. The Morgan fingerprint density at radius 3 is 2.75 bits per heavy atom. The van der Waals surface area contributed by atoms with Gasteiger partial charge in [-0.1, -0.05) is 12.1 Å². The highest BCUT2D eigenvalue weighted by atomic mass is 35.5. The molecule has 0 aliphatic heterocycles. The molecule has 6 heteroatoms. The van der Waals surface area contributed by atoms with E-state index < -0.39 is 0 Å². The minimum absolute atomic E-state index is 0.0772. The van der Waals surface area contributed by atoms with Crippen molar-refractivity contribution in [3.05, 3.63) is 30.1 Å². The van der Waals surface area contributed by atoms with Crippen LogP contribution < -0.4 is 5.32 Å². The number of aromatic amines is 1. The molecule has 2 N–H and O–H groups in total. The average molecular weight is 418 g/mol. The van der Waals surface area contributed by atoms with Crippen molar-refractivity contribution < 1.29 is 4.79 Å². The molecule has 6 rings (SSSR count). The lowest BCUT2D eigenvalue weighted by atomic mass is 9.49. The van der Waals surface area contributed by atoms with Crippen LogP contribution in [0.15, 0.2) is 24.3 Å². The van der Waals surface area contributed by atoms with E-state index in [1.54, 1.807) is 11.8 Å². The summed E-state index contributed by atoms with van der Waals surface area (Å²) in [6, 6.07) is 7.98. The van der Waals surface area contributed by atoms with Crippen LogP contribution in [-0.2, 0) is 4.79 Å². The number of thioether (sulfide) groups is 1. The fraction of sp³-hybridized carbons (Fsp3) is 0.636. The highest BCUT2D eigenvalue weighted by molar-refractivity contribution is 7.98. The van der Waals surface area contributed by atoms with E-state index in [0.29, 0.717) is 11.8 Å². The van der Waals surface area contributed by atoms with Gasteiger partial charge in [-0.25, -0.2) is 4.98 Å². The normalized spacial score (nSPS) is 34.6. The van der Waals surface area contributed by atoms with Crippen molar-refractivity contribution in [3.63, 3.8) is 0 Å². The van der Waals surface area contributed by atoms with Gasteiger partial charge in [0.1, 0.15) is 5.82 Å². The molecule has 4 aliphatic carbocycles. The topological polar surface area (TPSA) is 57.8 Å². The maximum Gasteiger partial charge on any atom is 0.226 e. The van der Waals surface area contributed by atoms with Crippen molar-refractivity contribution in [2.75, 3.05) is 12.0 Å². The van der Waals surface area contributed by atoms with Crippen molar-refractivity contribution in [1.82, 2.24) is 15.3 Å². The molecule has 4 saturated carbocycles. The first kappa shape index (κ1) is 18.8. The molecule has 1 amide bonds. The van der Waals surface area contributed by atoms with Gasteiger partial charge in [0.25, 0.3) is 0 Å². The van der Waals surface area contributed by atoms with Crippen LogP contribution in [-0.4, -0.2) is 32.8 Å². The van der Waals surface area contributed by atoms with Crippen LogP contribution in [0.2, 0.25) is 0 Å². The van der Waals surface area contributed by atoms with Crippen LogP contribution >= 0.6 is 23.4 Å². The van der Waals surface area contributed by atoms with Crippen LogP contribution in [0.3, 0.4) is 0 Å². The van der Waals surface area contributed by atoms with Crippen molar-refractivity contribution >= 4 is 40.3 Å². The monoisotopic (exact) mass is 417 g/mol. The first-order chi connectivity index (χ1) is 13.5. The number of hydrogen-bond donors (Lipinski definition) is 2. The maximum absolute atomic E-state index is 13.6. The zero-order valence-corrected chi connectivity index (χ0v) is 17.9. The van der Waals surface area contributed by atoms with Gasteiger partial charge in [0.2, 0.25) is 5.91 Å². The molecule has 1 aromatic carbocycles. The van der Waals surface area contributed by atoms with E-state index in [4.69, 9.17) is 16.6 Å². The molecule has 3 atom stereocenters. The number of fused-ring (bicyclic) bond motifs is 1. The quantitative estimate of drug-likeness (QED) is 0.646. The number of carbonyl (C=O) groups excluding carboxylic acids is 1. The molecule has 1 heterocycles. The standard InChI is InChI=1S/C22H28ClN3OS/c1-28-7-6-18(19-24-16-4-2-3-5-17(16)25-19)26-20(27)21-9-14-8-15(10-21)12-22(23,11-14)13-21/h2-5,14-15,18H,6-13H2,1H3,(H,24,25)(H,26,27)/t14?,15?,18-,21?,22?/m0/s1. The van der Waals surface area contributed by atoms with E-state index in [9.17, 15) is 4.79 Å². The van der Waals surface area contributed by atoms with E-state index in [-0.39, 0.29) is 22.2 Å². The molecule has 4 aliphatic rings. The number of benzene rings is 1. The number of para-hydroxylation sites is 2. The molecule has 4 nitrogen and oxygen atoms in total. The molecular formula is C22H28ClN3OS. The van der Waals surface area contributed by atoms with E-state index in [1.165, 1.54) is 6.42 Å². The lowest BCUT2D eigenvalue weighted by molar-refractivity contribution is -0.145. The fourth-order valence-corrected chi connectivity index (χ4v) is 7.54. The summed E-state index contributed by atoms with van der Waals surface area (Å²) in [6.07, 6.45) is 9.31. The number of halogens is 1. The molecule has 4 fully saturated rings. The third-order valence-corrected chi connectivity index (χ3v) is 8.21.